The number of azide groups is 1. The van der Waals surface area contributed by atoms with E-state index in [0.29, 0.717) is 12.3 Å². The van der Waals surface area contributed by atoms with Crippen molar-refractivity contribution in [1.82, 2.24) is 0 Å². The minimum Gasteiger partial charge on any atom is -0.457 e. The van der Waals surface area contributed by atoms with Crippen LogP contribution in [-0.4, -0.2) is 96.5 Å². The molecule has 0 aromatic heterocycles. The SMILES string of the molecule is CC(=O)CCC(=O)O[C@H]1[C@H](OCc2ccccc2)[C@@H](N=[N+]=[N-])[C@@H](O[C@@H]2[C@@H](OCc3ccccc3)[C@H](OCc3ccccc3)[C@@H](OCc3ccccc3)[C@H]3O[C@]4(C[C@@H]5CC[C@@]4(C)C5(C)C)O[C@@H]23)O[C@@H]1CO. The summed E-state index contributed by atoms with van der Waals surface area (Å²) in [4.78, 5) is 28.5. The standard InChI is InChI=1S/C55H65N3O12/c1-35(60)25-26-42(61)67-44-41(30-59)66-52(43(57-58-56)45(44)62-31-36-17-9-5-10-18-36)68-49-47(64-33-38-21-13-7-14-22-38)46(63-32-37-19-11-6-12-20-37)48(65-34-39-23-15-8-16-24-39)50-51(49)70-55(69-50)29-40-27-28-54(55,4)53(40,2)3/h5-24,40-41,43-52,59H,25-34H2,1-4H3/t40-,41+,43+,44+,45+,46-,47-,48+,49+,50+,51-,52+,54-,55+/m0/s1. The molecule has 15 heteroatoms. The lowest BCUT2D eigenvalue weighted by atomic mass is 9.68. The first-order chi connectivity index (χ1) is 33.9. The van der Waals surface area contributed by atoms with Crippen molar-refractivity contribution in [2.75, 3.05) is 6.61 Å². The topological polar surface area (TPSA) is 186 Å². The quantitative estimate of drug-likeness (QED) is 0.0385. The van der Waals surface area contributed by atoms with Gasteiger partial charge in [0.1, 0.15) is 60.7 Å². The molecule has 2 bridgehead atoms. The van der Waals surface area contributed by atoms with Gasteiger partial charge in [0.2, 0.25) is 0 Å². The highest BCUT2D eigenvalue weighted by molar-refractivity contribution is 5.81. The minimum atomic E-state index is -1.42. The van der Waals surface area contributed by atoms with E-state index in [9.17, 15) is 20.2 Å². The Balaban J connectivity index is 1.14. The summed E-state index contributed by atoms with van der Waals surface area (Å²) >= 11 is 0. The molecule has 2 aliphatic heterocycles. The van der Waals surface area contributed by atoms with Crippen molar-refractivity contribution in [2.45, 2.75) is 159 Å². The summed E-state index contributed by atoms with van der Waals surface area (Å²) < 4.78 is 62.7. The van der Waals surface area contributed by atoms with Gasteiger partial charge in [-0.1, -0.05) is 147 Å². The summed E-state index contributed by atoms with van der Waals surface area (Å²) in [6.45, 7) is 8.26. The van der Waals surface area contributed by atoms with Crippen molar-refractivity contribution in [3.05, 3.63) is 154 Å². The van der Waals surface area contributed by atoms with Gasteiger partial charge in [-0.05, 0) is 58.9 Å². The fourth-order valence-corrected chi connectivity index (χ4v) is 11.5. The fourth-order valence-electron chi connectivity index (χ4n) is 11.5. The van der Waals surface area contributed by atoms with E-state index >= 15 is 0 Å². The Hall–Kier alpha value is -5.03. The van der Waals surface area contributed by atoms with Crippen molar-refractivity contribution in [1.29, 1.82) is 0 Å². The number of carbonyl (C=O) groups excluding carboxylic acids is 2. The molecule has 5 fully saturated rings. The van der Waals surface area contributed by atoms with Gasteiger partial charge in [0.15, 0.2) is 18.2 Å². The lowest BCUT2D eigenvalue weighted by molar-refractivity contribution is -0.325. The number of hydrogen-bond acceptors (Lipinski definition) is 13. The third-order valence-corrected chi connectivity index (χ3v) is 15.7. The number of hydrogen-bond donors (Lipinski definition) is 1. The molecule has 4 aromatic carbocycles. The minimum absolute atomic E-state index is 0.0249. The van der Waals surface area contributed by atoms with Crippen LogP contribution < -0.4 is 0 Å². The second-order valence-electron chi connectivity index (χ2n) is 20.1. The molecular weight excluding hydrogens is 895 g/mol. The number of nitrogens with zero attached hydrogens (tertiary/aromatic N) is 3. The number of ketones is 1. The van der Waals surface area contributed by atoms with Crippen molar-refractivity contribution >= 4 is 11.8 Å². The molecule has 2 heterocycles. The highest BCUT2D eigenvalue weighted by Crippen LogP contribution is 2.73. The summed E-state index contributed by atoms with van der Waals surface area (Å²) in [5, 5.41) is 15.3. The highest BCUT2D eigenvalue weighted by atomic mass is 16.8. The van der Waals surface area contributed by atoms with Gasteiger partial charge in [-0.2, -0.15) is 0 Å². The van der Waals surface area contributed by atoms with Crippen LogP contribution in [0.15, 0.2) is 126 Å². The molecule has 5 aliphatic rings. The number of aliphatic hydroxyl groups is 1. The molecule has 3 saturated carbocycles. The molecule has 0 unspecified atom stereocenters. The maximum absolute atomic E-state index is 13.4. The van der Waals surface area contributed by atoms with Crippen molar-refractivity contribution in [3.8, 4) is 0 Å². The van der Waals surface area contributed by atoms with Crippen molar-refractivity contribution in [2.24, 2.45) is 21.9 Å². The molecule has 1 spiro atoms. The van der Waals surface area contributed by atoms with Gasteiger partial charge in [0.05, 0.1) is 39.5 Å². The van der Waals surface area contributed by atoms with Gasteiger partial charge in [-0.3, -0.25) is 4.79 Å². The molecule has 70 heavy (non-hydrogen) atoms. The number of fused-ring (bicyclic) bond motifs is 4. The first-order valence-corrected chi connectivity index (χ1v) is 24.6. The number of ether oxygens (including phenoxy) is 9. The summed E-state index contributed by atoms with van der Waals surface area (Å²) in [5.41, 5.74) is 13.3. The average molecular weight is 960 g/mol. The molecule has 9 rings (SSSR count). The van der Waals surface area contributed by atoms with Gasteiger partial charge in [0.25, 0.3) is 0 Å². The second-order valence-corrected chi connectivity index (χ2v) is 20.1. The van der Waals surface area contributed by atoms with Crippen LogP contribution in [0.5, 0.6) is 0 Å². The monoisotopic (exact) mass is 959 g/mol. The molecule has 3 aliphatic carbocycles. The van der Waals surface area contributed by atoms with Crippen LogP contribution in [0.2, 0.25) is 0 Å². The van der Waals surface area contributed by atoms with Crippen molar-refractivity contribution in [3.63, 3.8) is 0 Å². The van der Waals surface area contributed by atoms with Gasteiger partial charge in [-0.15, -0.1) is 0 Å². The first-order valence-electron chi connectivity index (χ1n) is 24.6. The van der Waals surface area contributed by atoms with E-state index in [4.69, 9.17) is 42.6 Å². The summed E-state index contributed by atoms with van der Waals surface area (Å²) in [5.74, 6) is -1.60. The number of carbonyl (C=O) groups is 2. The Morgan fingerprint density at radius 1 is 0.671 bits per heavy atom. The number of aliphatic hydroxyl groups excluding tert-OH is 1. The number of Topliss-reactive ketones (excluding diaryl/α,β-unsaturated/α-hetero) is 1. The fraction of sp³-hybridized carbons (Fsp3) is 0.527. The number of benzene rings is 4. The van der Waals surface area contributed by atoms with E-state index in [2.05, 4.69) is 30.8 Å². The van der Waals surface area contributed by atoms with Crippen LogP contribution in [0.4, 0.5) is 0 Å². The smallest absolute Gasteiger partial charge is 0.306 e. The Morgan fingerprint density at radius 3 is 1.59 bits per heavy atom. The molecule has 0 amide bonds. The lowest BCUT2D eigenvalue weighted by Crippen LogP contribution is -2.68. The van der Waals surface area contributed by atoms with Gasteiger partial charge < -0.3 is 52.5 Å². The summed E-state index contributed by atoms with van der Waals surface area (Å²) in [6.07, 6.45) is -7.92. The van der Waals surface area contributed by atoms with Crippen LogP contribution in [0.1, 0.15) is 82.1 Å². The number of rotatable bonds is 20. The van der Waals surface area contributed by atoms with Crippen LogP contribution >= 0.6 is 0 Å². The van der Waals surface area contributed by atoms with Gasteiger partial charge >= 0.3 is 5.97 Å². The van der Waals surface area contributed by atoms with E-state index < -0.39 is 91.0 Å². The Morgan fingerprint density at radius 2 is 1.14 bits per heavy atom. The maximum atomic E-state index is 13.4. The molecule has 372 valence electrons. The molecule has 4 aromatic rings. The zero-order chi connectivity index (χ0) is 48.9. The predicted octanol–water partition coefficient (Wildman–Crippen LogP) is 8.73. The van der Waals surface area contributed by atoms with Crippen LogP contribution in [0.3, 0.4) is 0 Å². The normalized spacial score (nSPS) is 33.9. The van der Waals surface area contributed by atoms with Gasteiger partial charge in [0, 0.05) is 23.2 Å². The Bertz CT molecular complexity index is 2410. The predicted molar refractivity (Wildman–Crippen MR) is 255 cm³/mol. The van der Waals surface area contributed by atoms with Crippen molar-refractivity contribution < 1.29 is 57.3 Å². The van der Waals surface area contributed by atoms with Crippen LogP contribution in [0.25, 0.3) is 10.4 Å². The second kappa shape index (κ2) is 21.8. The largest absolute Gasteiger partial charge is 0.457 e. The molecule has 15 nitrogen and oxygen atoms in total. The van der Waals surface area contributed by atoms with E-state index in [1.54, 1.807) is 0 Å². The van der Waals surface area contributed by atoms with Gasteiger partial charge in [-0.25, -0.2) is 0 Å². The Kier molecular flexibility index (Phi) is 15.5. The highest BCUT2D eigenvalue weighted by Gasteiger charge is 2.76. The summed E-state index contributed by atoms with van der Waals surface area (Å²) in [6, 6.07) is 37.7. The van der Waals surface area contributed by atoms with Crippen LogP contribution in [0, 0.1) is 16.7 Å². The average Bonchev–Trinajstić information content (AvgIpc) is 3.92. The zero-order valence-electron chi connectivity index (χ0n) is 40.3. The van der Waals surface area contributed by atoms with E-state index in [-0.39, 0.29) is 50.5 Å². The van der Waals surface area contributed by atoms with Crippen LogP contribution in [-0.2, 0) is 78.6 Å². The van der Waals surface area contributed by atoms with E-state index in [1.165, 1.54) is 6.92 Å². The maximum Gasteiger partial charge on any atom is 0.306 e. The lowest BCUT2D eigenvalue weighted by Gasteiger charge is -2.49. The summed E-state index contributed by atoms with van der Waals surface area (Å²) in [7, 11) is 0. The zero-order valence-corrected chi connectivity index (χ0v) is 40.3. The third kappa shape index (κ3) is 10.2. The first kappa shape index (κ1) is 49.9. The van der Waals surface area contributed by atoms with E-state index in [0.717, 1.165) is 35.1 Å². The molecular formula is C55H65N3O12. The number of esters is 1. The molecule has 1 N–H and O–H groups in total. The third-order valence-electron chi connectivity index (χ3n) is 15.7. The molecule has 2 saturated heterocycles. The Labute approximate surface area is 409 Å². The van der Waals surface area contributed by atoms with E-state index in [1.807, 2.05) is 121 Å². The molecule has 14 atom stereocenters. The molecule has 0 radical (unpaired) electrons.